The number of hydrogen-bond donors (Lipinski definition) is 1. The van der Waals surface area contributed by atoms with E-state index in [-0.39, 0.29) is 0 Å². The smallest absolute Gasteiger partial charge is 0.0527 e. The first-order chi connectivity index (χ1) is 4.81. The Morgan fingerprint density at radius 2 is 2.40 bits per heavy atom. The zero-order chi connectivity index (χ0) is 7.82. The molecule has 0 unspecified atom stereocenters. The van der Waals surface area contributed by atoms with E-state index in [0.717, 1.165) is 13.1 Å². The molecule has 0 rings (SSSR count). The highest BCUT2D eigenvalue weighted by Gasteiger charge is 1.80. The van der Waals surface area contributed by atoms with Crippen LogP contribution in [0.4, 0.5) is 0 Å². The molecule has 1 N–H and O–H groups in total. The van der Waals surface area contributed by atoms with Crippen molar-refractivity contribution in [3.05, 3.63) is 12.3 Å². The SMILES string of the molecule is C=NNCC=CN(C)CC. The molecule has 0 aliphatic heterocycles. The van der Waals surface area contributed by atoms with Gasteiger partial charge < -0.3 is 10.3 Å². The van der Waals surface area contributed by atoms with E-state index in [1.54, 1.807) is 0 Å². The Balaban J connectivity index is 3.26. The van der Waals surface area contributed by atoms with E-state index >= 15 is 0 Å². The molecule has 0 bridgehead atoms. The van der Waals surface area contributed by atoms with Crippen LogP contribution in [-0.2, 0) is 0 Å². The molecule has 3 heteroatoms. The van der Waals surface area contributed by atoms with Crippen LogP contribution in [0, 0.1) is 0 Å². The third kappa shape index (κ3) is 5.15. The lowest BCUT2D eigenvalue weighted by Crippen LogP contribution is -2.10. The second kappa shape index (κ2) is 6.13. The summed E-state index contributed by atoms with van der Waals surface area (Å²) in [6, 6.07) is 0. The molecule has 0 aromatic rings. The maximum Gasteiger partial charge on any atom is 0.0527 e. The third-order valence-electron chi connectivity index (χ3n) is 1.18. The van der Waals surface area contributed by atoms with Gasteiger partial charge in [-0.2, -0.15) is 5.10 Å². The van der Waals surface area contributed by atoms with Crippen LogP contribution in [0.1, 0.15) is 6.92 Å². The van der Waals surface area contributed by atoms with E-state index in [4.69, 9.17) is 0 Å². The molecule has 0 aromatic carbocycles. The summed E-state index contributed by atoms with van der Waals surface area (Å²) >= 11 is 0. The first-order valence-electron chi connectivity index (χ1n) is 3.36. The number of hydrazone groups is 1. The first kappa shape index (κ1) is 9.01. The lowest BCUT2D eigenvalue weighted by molar-refractivity contribution is 0.482. The third-order valence-corrected chi connectivity index (χ3v) is 1.18. The second-order valence-electron chi connectivity index (χ2n) is 1.98. The zero-order valence-electron chi connectivity index (χ0n) is 6.67. The fourth-order valence-electron chi connectivity index (χ4n) is 0.455. The maximum atomic E-state index is 3.49. The van der Waals surface area contributed by atoms with Crippen LogP contribution in [0.2, 0.25) is 0 Å². The van der Waals surface area contributed by atoms with Gasteiger partial charge in [-0.05, 0) is 19.2 Å². The van der Waals surface area contributed by atoms with E-state index < -0.39 is 0 Å². The van der Waals surface area contributed by atoms with E-state index in [1.165, 1.54) is 0 Å². The molecule has 0 aliphatic rings. The van der Waals surface area contributed by atoms with Crippen LogP contribution in [0.3, 0.4) is 0 Å². The van der Waals surface area contributed by atoms with Crippen molar-refractivity contribution in [3.8, 4) is 0 Å². The summed E-state index contributed by atoms with van der Waals surface area (Å²) in [5, 5.41) is 3.49. The Morgan fingerprint density at radius 1 is 1.70 bits per heavy atom. The van der Waals surface area contributed by atoms with Crippen molar-refractivity contribution in [3.63, 3.8) is 0 Å². The molecular weight excluding hydrogens is 126 g/mol. The highest BCUT2D eigenvalue weighted by Crippen LogP contribution is 1.80. The van der Waals surface area contributed by atoms with Crippen molar-refractivity contribution in [2.75, 3.05) is 20.1 Å². The van der Waals surface area contributed by atoms with Gasteiger partial charge in [0, 0.05) is 20.3 Å². The fourth-order valence-corrected chi connectivity index (χ4v) is 0.455. The average Bonchev–Trinajstić information content (AvgIpc) is 1.98. The molecule has 10 heavy (non-hydrogen) atoms. The number of hydrogen-bond acceptors (Lipinski definition) is 3. The summed E-state index contributed by atoms with van der Waals surface area (Å²) in [6.45, 7) is 7.16. The highest BCUT2D eigenvalue weighted by atomic mass is 15.3. The van der Waals surface area contributed by atoms with Gasteiger partial charge in [-0.25, -0.2) is 0 Å². The summed E-state index contributed by atoms with van der Waals surface area (Å²) in [7, 11) is 2.03. The summed E-state index contributed by atoms with van der Waals surface area (Å²) in [5.41, 5.74) is 2.73. The second-order valence-corrected chi connectivity index (χ2v) is 1.98. The van der Waals surface area contributed by atoms with Crippen LogP contribution in [0.5, 0.6) is 0 Å². The molecular formula is C7H15N3. The Hall–Kier alpha value is -0.990. The van der Waals surface area contributed by atoms with Crippen LogP contribution in [0.25, 0.3) is 0 Å². The van der Waals surface area contributed by atoms with Gasteiger partial charge >= 0.3 is 0 Å². The predicted molar refractivity (Wildman–Crippen MR) is 45.0 cm³/mol. The summed E-state index contributed by atoms with van der Waals surface area (Å²) in [5.74, 6) is 0. The lowest BCUT2D eigenvalue weighted by atomic mass is 10.5. The first-order valence-corrected chi connectivity index (χ1v) is 3.36. The Labute approximate surface area is 62.4 Å². The molecule has 0 saturated heterocycles. The molecule has 0 aliphatic carbocycles. The van der Waals surface area contributed by atoms with Crippen molar-refractivity contribution in [2.45, 2.75) is 6.92 Å². The Kier molecular flexibility index (Phi) is 5.53. The topological polar surface area (TPSA) is 27.6 Å². The summed E-state index contributed by atoms with van der Waals surface area (Å²) < 4.78 is 0. The van der Waals surface area contributed by atoms with Gasteiger partial charge in [-0.1, -0.05) is 0 Å². The van der Waals surface area contributed by atoms with Crippen LogP contribution >= 0.6 is 0 Å². The summed E-state index contributed by atoms with van der Waals surface area (Å²) in [4.78, 5) is 2.09. The minimum Gasteiger partial charge on any atom is -0.381 e. The molecule has 0 heterocycles. The average molecular weight is 141 g/mol. The van der Waals surface area contributed by atoms with Gasteiger partial charge in [-0.15, -0.1) is 0 Å². The van der Waals surface area contributed by atoms with Crippen molar-refractivity contribution < 1.29 is 0 Å². The molecule has 0 spiro atoms. The van der Waals surface area contributed by atoms with Gasteiger partial charge in [-0.3, -0.25) is 0 Å². The van der Waals surface area contributed by atoms with Gasteiger partial charge in [0.2, 0.25) is 0 Å². The van der Waals surface area contributed by atoms with E-state index in [9.17, 15) is 0 Å². The molecule has 0 fully saturated rings. The minimum absolute atomic E-state index is 0.744. The lowest BCUT2D eigenvalue weighted by Gasteiger charge is -2.08. The van der Waals surface area contributed by atoms with Crippen molar-refractivity contribution in [1.82, 2.24) is 10.3 Å². The van der Waals surface area contributed by atoms with E-state index in [1.807, 2.05) is 19.3 Å². The largest absolute Gasteiger partial charge is 0.381 e. The zero-order valence-corrected chi connectivity index (χ0v) is 6.67. The molecule has 3 nitrogen and oxygen atoms in total. The van der Waals surface area contributed by atoms with Crippen molar-refractivity contribution in [1.29, 1.82) is 0 Å². The van der Waals surface area contributed by atoms with Gasteiger partial charge in [0.05, 0.1) is 6.54 Å². The number of rotatable bonds is 5. The maximum absolute atomic E-state index is 3.49. The minimum atomic E-state index is 0.744. The Bertz CT molecular complexity index is 109. The molecule has 0 aromatic heterocycles. The fraction of sp³-hybridized carbons (Fsp3) is 0.571. The molecule has 0 saturated carbocycles. The highest BCUT2D eigenvalue weighted by molar-refractivity contribution is 5.22. The summed E-state index contributed by atoms with van der Waals surface area (Å²) in [6.07, 6.45) is 4.01. The van der Waals surface area contributed by atoms with E-state index in [2.05, 4.69) is 29.1 Å². The van der Waals surface area contributed by atoms with Crippen LogP contribution in [0.15, 0.2) is 17.4 Å². The van der Waals surface area contributed by atoms with Crippen molar-refractivity contribution in [2.24, 2.45) is 5.10 Å². The van der Waals surface area contributed by atoms with Crippen LogP contribution in [-0.4, -0.2) is 31.8 Å². The van der Waals surface area contributed by atoms with Gasteiger partial charge in [0.1, 0.15) is 0 Å². The molecule has 0 atom stereocenters. The standard InChI is InChI=1S/C7H15N3/c1-4-10(3)7-5-6-9-8-2/h5,7,9H,2,4,6H2,1,3H3. The van der Waals surface area contributed by atoms with Gasteiger partial charge in [0.15, 0.2) is 0 Å². The van der Waals surface area contributed by atoms with E-state index in [0.29, 0.717) is 0 Å². The normalized spacial score (nSPS) is 9.80. The van der Waals surface area contributed by atoms with Crippen LogP contribution < -0.4 is 5.43 Å². The molecule has 58 valence electrons. The predicted octanol–water partition coefficient (Wildman–Crippen LogP) is 0.657. The Morgan fingerprint density at radius 3 is 2.90 bits per heavy atom. The molecule has 0 amide bonds. The number of nitrogens with zero attached hydrogens (tertiary/aromatic N) is 2. The van der Waals surface area contributed by atoms with Crippen molar-refractivity contribution >= 4 is 6.72 Å². The molecule has 0 radical (unpaired) electrons. The van der Waals surface area contributed by atoms with Gasteiger partial charge in [0.25, 0.3) is 0 Å². The number of nitrogens with one attached hydrogen (secondary N) is 1. The monoisotopic (exact) mass is 141 g/mol. The quantitative estimate of drug-likeness (QED) is 0.346.